The summed E-state index contributed by atoms with van der Waals surface area (Å²) in [5.41, 5.74) is 0. The molecule has 1 atom stereocenters. The summed E-state index contributed by atoms with van der Waals surface area (Å²) in [5.74, 6) is 0. The Labute approximate surface area is 63.6 Å². The van der Waals surface area contributed by atoms with Crippen molar-refractivity contribution < 1.29 is 19.0 Å². The summed E-state index contributed by atoms with van der Waals surface area (Å²) in [4.78, 5) is 12.0. The maximum atomic E-state index is 11.7. The molecule has 1 amide bonds. The summed E-state index contributed by atoms with van der Waals surface area (Å²) >= 11 is 0. The summed E-state index contributed by atoms with van der Waals surface area (Å²) in [7, 11) is 0. The van der Waals surface area contributed by atoms with Gasteiger partial charge in [-0.3, -0.25) is 0 Å². The van der Waals surface area contributed by atoms with E-state index in [1.54, 1.807) is 0 Å². The average Bonchev–Trinajstić information content (AvgIpc) is 2.33. The lowest BCUT2D eigenvalue weighted by molar-refractivity contribution is 0.0947. The lowest BCUT2D eigenvalue weighted by Gasteiger charge is -2.08. The fraction of sp³-hybridized carbons (Fsp3) is 0.833. The molecule has 1 fully saturated rings. The molecule has 64 valence electrons. The number of amides is 1. The topological polar surface area (TPSA) is 49.8 Å². The fourth-order valence-corrected chi connectivity index (χ4v) is 0.954. The lowest BCUT2D eigenvalue weighted by atomic mass is 10.4. The zero-order valence-corrected chi connectivity index (χ0v) is 5.99. The molecule has 1 aliphatic rings. The Kier molecular flexibility index (Phi) is 2.64. The van der Waals surface area contributed by atoms with Gasteiger partial charge in [-0.1, -0.05) is 0 Å². The number of carbonyl (C=O) groups is 1. The summed E-state index contributed by atoms with van der Waals surface area (Å²) < 4.78 is 16.4. The second-order valence-corrected chi connectivity index (χ2v) is 2.32. The number of ether oxygens (including phenoxy) is 1. The normalized spacial score (nSPS) is 24.0. The van der Waals surface area contributed by atoms with Gasteiger partial charge < -0.3 is 14.7 Å². The van der Waals surface area contributed by atoms with Gasteiger partial charge in [0, 0.05) is 0 Å². The van der Waals surface area contributed by atoms with Crippen molar-refractivity contribution in [2.45, 2.75) is 6.10 Å². The van der Waals surface area contributed by atoms with E-state index >= 15 is 0 Å². The first-order valence-electron chi connectivity index (χ1n) is 3.40. The van der Waals surface area contributed by atoms with Crippen molar-refractivity contribution in [2.24, 2.45) is 0 Å². The van der Waals surface area contributed by atoms with Crippen LogP contribution in [-0.2, 0) is 4.74 Å². The van der Waals surface area contributed by atoms with Gasteiger partial charge >= 0.3 is 6.09 Å². The van der Waals surface area contributed by atoms with Crippen LogP contribution in [0, 0.1) is 0 Å². The molecule has 0 radical (unpaired) electrons. The van der Waals surface area contributed by atoms with E-state index in [4.69, 9.17) is 5.11 Å². The van der Waals surface area contributed by atoms with Crippen LogP contribution in [-0.4, -0.2) is 48.6 Å². The smallest absolute Gasteiger partial charge is 0.410 e. The van der Waals surface area contributed by atoms with E-state index < -0.39 is 18.9 Å². The Morgan fingerprint density at radius 1 is 1.82 bits per heavy atom. The van der Waals surface area contributed by atoms with E-state index in [1.165, 1.54) is 4.90 Å². The maximum absolute atomic E-state index is 11.7. The van der Waals surface area contributed by atoms with Crippen LogP contribution in [0.15, 0.2) is 0 Å². The summed E-state index contributed by atoms with van der Waals surface area (Å²) in [6.45, 7) is -0.434. The fourth-order valence-electron chi connectivity index (χ4n) is 0.954. The standard InChI is InChI=1S/C6H10FNO3/c7-1-2-8-3-5(4-9)11-6(8)10/h5,9H,1-4H2. The van der Waals surface area contributed by atoms with E-state index in [1.807, 2.05) is 0 Å². The van der Waals surface area contributed by atoms with Crippen LogP contribution in [0.2, 0.25) is 0 Å². The second kappa shape index (κ2) is 3.52. The number of carbonyl (C=O) groups excluding carboxylic acids is 1. The van der Waals surface area contributed by atoms with Gasteiger partial charge in [0.25, 0.3) is 0 Å². The Bertz CT molecular complexity index is 153. The lowest BCUT2D eigenvalue weighted by Crippen LogP contribution is -2.27. The number of nitrogens with zero attached hydrogens (tertiary/aromatic N) is 1. The predicted octanol–water partition coefficient (Wildman–Crippen LogP) is -0.231. The molecule has 1 unspecified atom stereocenters. The van der Waals surface area contributed by atoms with Crippen LogP contribution < -0.4 is 0 Å². The summed E-state index contributed by atoms with van der Waals surface area (Å²) in [5, 5.41) is 8.57. The monoisotopic (exact) mass is 163 g/mol. The zero-order chi connectivity index (χ0) is 8.27. The van der Waals surface area contributed by atoms with Crippen molar-refractivity contribution in [1.82, 2.24) is 4.90 Å². The highest BCUT2D eigenvalue weighted by Crippen LogP contribution is 2.09. The molecule has 0 spiro atoms. The van der Waals surface area contributed by atoms with E-state index in [-0.39, 0.29) is 13.2 Å². The molecular weight excluding hydrogens is 153 g/mol. The minimum absolute atomic E-state index is 0.0509. The molecule has 1 rings (SSSR count). The molecule has 0 aromatic rings. The molecule has 4 nitrogen and oxygen atoms in total. The number of aliphatic hydroxyl groups excluding tert-OH is 1. The molecule has 1 aliphatic heterocycles. The van der Waals surface area contributed by atoms with Crippen LogP contribution in [0.3, 0.4) is 0 Å². The molecule has 0 aliphatic carbocycles. The SMILES string of the molecule is O=C1OC(CO)CN1CCF. The number of alkyl halides is 1. The van der Waals surface area contributed by atoms with E-state index in [0.29, 0.717) is 6.54 Å². The van der Waals surface area contributed by atoms with Crippen molar-refractivity contribution in [3.8, 4) is 0 Å². The highest BCUT2D eigenvalue weighted by molar-refractivity contribution is 5.69. The molecule has 0 bridgehead atoms. The highest BCUT2D eigenvalue weighted by Gasteiger charge is 2.29. The third-order valence-corrected chi connectivity index (χ3v) is 1.51. The van der Waals surface area contributed by atoms with Gasteiger partial charge in [-0.25, -0.2) is 9.18 Å². The maximum Gasteiger partial charge on any atom is 0.410 e. The van der Waals surface area contributed by atoms with Crippen LogP contribution in [0.4, 0.5) is 9.18 Å². The van der Waals surface area contributed by atoms with Gasteiger partial charge in [-0.15, -0.1) is 0 Å². The molecule has 0 saturated carbocycles. The van der Waals surface area contributed by atoms with E-state index in [9.17, 15) is 9.18 Å². The minimum Gasteiger partial charge on any atom is -0.442 e. The largest absolute Gasteiger partial charge is 0.442 e. The zero-order valence-electron chi connectivity index (χ0n) is 5.99. The molecule has 1 saturated heterocycles. The highest BCUT2D eigenvalue weighted by atomic mass is 19.1. The number of aliphatic hydroxyl groups is 1. The number of hydrogen-bond donors (Lipinski definition) is 1. The molecule has 1 heterocycles. The molecule has 0 aromatic carbocycles. The average molecular weight is 163 g/mol. The number of rotatable bonds is 3. The first-order valence-corrected chi connectivity index (χ1v) is 3.40. The predicted molar refractivity (Wildman–Crippen MR) is 34.9 cm³/mol. The first-order chi connectivity index (χ1) is 5.27. The number of cyclic esters (lactones) is 1. The summed E-state index contributed by atoms with van der Waals surface area (Å²) in [6.07, 6.45) is -1.02. The van der Waals surface area contributed by atoms with Crippen molar-refractivity contribution in [3.05, 3.63) is 0 Å². The van der Waals surface area contributed by atoms with Gasteiger partial charge in [-0.05, 0) is 0 Å². The van der Waals surface area contributed by atoms with Gasteiger partial charge in [0.05, 0.1) is 19.7 Å². The van der Waals surface area contributed by atoms with Crippen LogP contribution >= 0.6 is 0 Å². The Morgan fingerprint density at radius 3 is 3.00 bits per heavy atom. The third kappa shape index (κ3) is 1.80. The van der Waals surface area contributed by atoms with Gasteiger partial charge in [-0.2, -0.15) is 0 Å². The van der Waals surface area contributed by atoms with Gasteiger partial charge in [0.15, 0.2) is 0 Å². The number of hydrogen-bond acceptors (Lipinski definition) is 3. The van der Waals surface area contributed by atoms with Crippen LogP contribution in [0.25, 0.3) is 0 Å². The second-order valence-electron chi connectivity index (χ2n) is 2.32. The summed E-state index contributed by atoms with van der Waals surface area (Å²) in [6, 6.07) is 0. The van der Waals surface area contributed by atoms with Gasteiger partial charge in [0.1, 0.15) is 12.8 Å². The van der Waals surface area contributed by atoms with E-state index in [0.717, 1.165) is 0 Å². The minimum atomic E-state index is -0.576. The Morgan fingerprint density at radius 2 is 2.55 bits per heavy atom. The van der Waals surface area contributed by atoms with Crippen LogP contribution in [0.5, 0.6) is 0 Å². The first kappa shape index (κ1) is 8.26. The third-order valence-electron chi connectivity index (χ3n) is 1.51. The Balaban J connectivity index is 2.38. The van der Waals surface area contributed by atoms with Crippen LogP contribution in [0.1, 0.15) is 0 Å². The van der Waals surface area contributed by atoms with Crippen molar-refractivity contribution in [3.63, 3.8) is 0 Å². The van der Waals surface area contributed by atoms with E-state index in [2.05, 4.69) is 4.74 Å². The van der Waals surface area contributed by atoms with Gasteiger partial charge in [0.2, 0.25) is 0 Å². The molecule has 1 N–H and O–H groups in total. The van der Waals surface area contributed by atoms with Crippen molar-refractivity contribution >= 4 is 6.09 Å². The Hall–Kier alpha value is -0.840. The number of halogens is 1. The molecule has 11 heavy (non-hydrogen) atoms. The van der Waals surface area contributed by atoms with Crippen molar-refractivity contribution in [1.29, 1.82) is 0 Å². The van der Waals surface area contributed by atoms with Crippen molar-refractivity contribution in [2.75, 3.05) is 26.4 Å². The quantitative estimate of drug-likeness (QED) is 0.625. The molecule has 5 heteroatoms. The molecular formula is C6H10FNO3. The molecule has 0 aromatic heterocycles.